The Labute approximate surface area is 125 Å². The number of halogens is 1. The maximum atomic E-state index is 12.6. The molecule has 1 saturated heterocycles. The van der Waals surface area contributed by atoms with E-state index in [0.29, 0.717) is 18.5 Å². The molecule has 0 N–H and O–H groups in total. The Morgan fingerprint density at radius 3 is 2.40 bits per heavy atom. The molecular weight excluding hydrogens is 296 g/mol. The molecule has 1 saturated carbocycles. The summed E-state index contributed by atoms with van der Waals surface area (Å²) in [6.45, 7) is 1.21. The van der Waals surface area contributed by atoms with Gasteiger partial charge in [0.25, 0.3) is 0 Å². The van der Waals surface area contributed by atoms with Gasteiger partial charge in [-0.05, 0) is 43.2 Å². The fourth-order valence-electron chi connectivity index (χ4n) is 3.53. The summed E-state index contributed by atoms with van der Waals surface area (Å²) < 4.78 is 26.8. The molecule has 0 amide bonds. The van der Waals surface area contributed by atoms with Crippen molar-refractivity contribution in [2.75, 3.05) is 13.1 Å². The Bertz CT molecular complexity index is 587. The summed E-state index contributed by atoms with van der Waals surface area (Å²) in [5, 5.41) is 0.0636. The van der Waals surface area contributed by atoms with Crippen LogP contribution in [0.3, 0.4) is 0 Å². The van der Waals surface area contributed by atoms with Crippen LogP contribution in [0, 0.1) is 5.41 Å². The predicted octanol–water partition coefficient (Wildman–Crippen LogP) is 3.08. The number of rotatable bonds is 2. The van der Waals surface area contributed by atoms with Gasteiger partial charge in [-0.3, -0.25) is 0 Å². The third kappa shape index (κ3) is 2.47. The van der Waals surface area contributed by atoms with E-state index in [4.69, 9.17) is 11.6 Å². The molecule has 20 heavy (non-hydrogen) atoms. The molecule has 0 unspecified atom stereocenters. The van der Waals surface area contributed by atoms with Crippen LogP contribution >= 0.6 is 11.6 Å². The first-order valence-electron chi connectivity index (χ1n) is 7.14. The van der Waals surface area contributed by atoms with Gasteiger partial charge < -0.3 is 0 Å². The highest BCUT2D eigenvalue weighted by Gasteiger charge is 2.40. The Balaban J connectivity index is 1.79. The van der Waals surface area contributed by atoms with Gasteiger partial charge in [0, 0.05) is 19.3 Å². The van der Waals surface area contributed by atoms with Gasteiger partial charge in [-0.25, -0.2) is 13.4 Å². The van der Waals surface area contributed by atoms with Gasteiger partial charge in [-0.15, -0.1) is 0 Å². The summed E-state index contributed by atoms with van der Waals surface area (Å²) in [6.07, 6.45) is 8.56. The lowest BCUT2D eigenvalue weighted by molar-refractivity contribution is 0.160. The van der Waals surface area contributed by atoms with Crippen LogP contribution in [0.25, 0.3) is 0 Å². The topological polar surface area (TPSA) is 50.3 Å². The molecule has 1 spiro atoms. The first-order valence-corrected chi connectivity index (χ1v) is 8.96. The molecule has 110 valence electrons. The van der Waals surface area contributed by atoms with Gasteiger partial charge in [0.15, 0.2) is 0 Å². The number of pyridine rings is 1. The first kappa shape index (κ1) is 14.3. The van der Waals surface area contributed by atoms with Crippen molar-refractivity contribution in [1.29, 1.82) is 0 Å². The molecule has 0 atom stereocenters. The third-order valence-electron chi connectivity index (χ3n) is 4.79. The number of aromatic nitrogens is 1. The van der Waals surface area contributed by atoms with Crippen LogP contribution < -0.4 is 0 Å². The van der Waals surface area contributed by atoms with E-state index in [0.717, 1.165) is 12.8 Å². The van der Waals surface area contributed by atoms with E-state index in [9.17, 15) is 8.42 Å². The van der Waals surface area contributed by atoms with E-state index in [-0.39, 0.29) is 10.0 Å². The van der Waals surface area contributed by atoms with Crippen molar-refractivity contribution in [2.24, 2.45) is 5.41 Å². The fraction of sp³-hybridized carbons (Fsp3) is 0.643. The standard InChI is InChI=1S/C14H19ClN2O2S/c15-13-12(4-3-9-16-13)20(18,19)17-10-7-14(8-11-17)5-1-2-6-14/h3-4,9H,1-2,5-8,10-11H2. The molecule has 1 aromatic heterocycles. The van der Waals surface area contributed by atoms with Crippen molar-refractivity contribution in [1.82, 2.24) is 9.29 Å². The third-order valence-corrected chi connectivity index (χ3v) is 7.13. The Hall–Kier alpha value is -0.650. The maximum absolute atomic E-state index is 12.6. The SMILES string of the molecule is O=S(=O)(c1cccnc1Cl)N1CCC2(CCCC2)CC1. The van der Waals surface area contributed by atoms with E-state index in [2.05, 4.69) is 4.98 Å². The van der Waals surface area contributed by atoms with E-state index in [1.165, 1.54) is 37.9 Å². The molecule has 4 nitrogen and oxygen atoms in total. The molecule has 2 aliphatic rings. The van der Waals surface area contributed by atoms with E-state index >= 15 is 0 Å². The zero-order valence-electron chi connectivity index (χ0n) is 11.4. The largest absolute Gasteiger partial charge is 0.246 e. The molecule has 0 radical (unpaired) electrons. The predicted molar refractivity (Wildman–Crippen MR) is 78.1 cm³/mol. The minimum absolute atomic E-state index is 0.0636. The normalized spacial score (nSPS) is 23.2. The molecule has 2 heterocycles. The van der Waals surface area contributed by atoms with Crippen LogP contribution in [0.2, 0.25) is 5.15 Å². The van der Waals surface area contributed by atoms with Gasteiger partial charge in [0.2, 0.25) is 10.0 Å². The molecule has 1 aliphatic carbocycles. The molecular formula is C14H19ClN2O2S. The lowest BCUT2D eigenvalue weighted by atomic mass is 9.78. The van der Waals surface area contributed by atoms with Gasteiger partial charge in [0.05, 0.1) is 0 Å². The van der Waals surface area contributed by atoms with Crippen molar-refractivity contribution in [2.45, 2.75) is 43.4 Å². The summed E-state index contributed by atoms with van der Waals surface area (Å²) >= 11 is 5.93. The summed E-state index contributed by atoms with van der Waals surface area (Å²) in [5.74, 6) is 0. The smallest absolute Gasteiger partial charge is 0.243 e. The second-order valence-corrected chi connectivity index (χ2v) is 8.17. The van der Waals surface area contributed by atoms with Crippen molar-refractivity contribution >= 4 is 21.6 Å². The number of nitrogens with zero attached hydrogens (tertiary/aromatic N) is 2. The molecule has 6 heteroatoms. The molecule has 3 rings (SSSR count). The fourth-order valence-corrected chi connectivity index (χ4v) is 5.40. The monoisotopic (exact) mass is 314 g/mol. The zero-order chi connectivity index (χ0) is 14.2. The molecule has 0 bridgehead atoms. The quantitative estimate of drug-likeness (QED) is 0.788. The van der Waals surface area contributed by atoms with E-state index in [1.54, 1.807) is 10.4 Å². The maximum Gasteiger partial charge on any atom is 0.246 e. The summed E-state index contributed by atoms with van der Waals surface area (Å²) in [4.78, 5) is 4.00. The van der Waals surface area contributed by atoms with Crippen LogP contribution in [0.5, 0.6) is 0 Å². The number of sulfonamides is 1. The van der Waals surface area contributed by atoms with E-state index < -0.39 is 10.0 Å². The van der Waals surface area contributed by atoms with Gasteiger partial charge >= 0.3 is 0 Å². The zero-order valence-corrected chi connectivity index (χ0v) is 13.0. The Morgan fingerprint density at radius 1 is 1.15 bits per heavy atom. The van der Waals surface area contributed by atoms with Crippen LogP contribution in [-0.2, 0) is 10.0 Å². The molecule has 2 fully saturated rings. The van der Waals surface area contributed by atoms with Crippen molar-refractivity contribution < 1.29 is 8.42 Å². The Kier molecular flexibility index (Phi) is 3.77. The van der Waals surface area contributed by atoms with Crippen LogP contribution in [0.4, 0.5) is 0 Å². The van der Waals surface area contributed by atoms with Gasteiger partial charge in [-0.2, -0.15) is 4.31 Å². The minimum atomic E-state index is -3.50. The molecule has 0 aromatic carbocycles. The van der Waals surface area contributed by atoms with Crippen LogP contribution in [0.1, 0.15) is 38.5 Å². The van der Waals surface area contributed by atoms with Gasteiger partial charge in [-0.1, -0.05) is 24.4 Å². The van der Waals surface area contributed by atoms with Crippen molar-refractivity contribution in [3.8, 4) is 0 Å². The summed E-state index contributed by atoms with van der Waals surface area (Å²) in [6, 6.07) is 3.14. The lowest BCUT2D eigenvalue weighted by Crippen LogP contribution is -2.42. The summed E-state index contributed by atoms with van der Waals surface area (Å²) in [5.41, 5.74) is 0.407. The minimum Gasteiger partial charge on any atom is -0.243 e. The average molecular weight is 315 g/mol. The number of piperidine rings is 1. The number of hydrogen-bond donors (Lipinski definition) is 0. The second kappa shape index (κ2) is 5.28. The second-order valence-electron chi connectivity index (χ2n) is 5.90. The highest BCUT2D eigenvalue weighted by molar-refractivity contribution is 7.89. The molecule has 1 aromatic rings. The average Bonchev–Trinajstić information content (AvgIpc) is 2.88. The lowest BCUT2D eigenvalue weighted by Gasteiger charge is -2.38. The van der Waals surface area contributed by atoms with Crippen LogP contribution in [-0.4, -0.2) is 30.8 Å². The first-order chi connectivity index (χ1) is 9.54. The molecule has 1 aliphatic heterocycles. The van der Waals surface area contributed by atoms with Crippen molar-refractivity contribution in [3.63, 3.8) is 0 Å². The van der Waals surface area contributed by atoms with Gasteiger partial charge in [0.1, 0.15) is 10.0 Å². The summed E-state index contributed by atoms with van der Waals surface area (Å²) in [7, 11) is -3.50. The van der Waals surface area contributed by atoms with E-state index in [1.807, 2.05) is 0 Å². The highest BCUT2D eigenvalue weighted by atomic mass is 35.5. The van der Waals surface area contributed by atoms with Crippen LogP contribution in [0.15, 0.2) is 23.2 Å². The van der Waals surface area contributed by atoms with Crippen molar-refractivity contribution in [3.05, 3.63) is 23.5 Å². The number of hydrogen-bond acceptors (Lipinski definition) is 3. The highest BCUT2D eigenvalue weighted by Crippen LogP contribution is 2.46. The Morgan fingerprint density at radius 2 is 1.80 bits per heavy atom.